The fraction of sp³-hybridized carbons (Fsp3) is 0.211. The standard InChI is InChI=1S/C19H18O5S/c1-12(2)13-4-7-16(8-5-13)25(21,22)18-11-14-10-15(23-3)6-9-17(14)24-19(18)20/h4-12H,1-3H3. The van der Waals surface area contributed by atoms with Crippen molar-refractivity contribution in [2.75, 3.05) is 7.11 Å². The zero-order valence-electron chi connectivity index (χ0n) is 14.1. The topological polar surface area (TPSA) is 73.6 Å². The van der Waals surface area contributed by atoms with Gasteiger partial charge in [-0.15, -0.1) is 0 Å². The summed E-state index contributed by atoms with van der Waals surface area (Å²) < 4.78 is 36.0. The van der Waals surface area contributed by atoms with Crippen LogP contribution in [0.4, 0.5) is 0 Å². The Kier molecular flexibility index (Phi) is 4.39. The number of fused-ring (bicyclic) bond motifs is 1. The van der Waals surface area contributed by atoms with E-state index in [0.29, 0.717) is 16.7 Å². The molecule has 0 aliphatic carbocycles. The quantitative estimate of drug-likeness (QED) is 0.664. The molecular formula is C19H18O5S. The van der Waals surface area contributed by atoms with Crippen LogP contribution < -0.4 is 10.4 Å². The molecule has 130 valence electrons. The highest BCUT2D eigenvalue weighted by Gasteiger charge is 2.23. The lowest BCUT2D eigenvalue weighted by molar-refractivity contribution is 0.415. The van der Waals surface area contributed by atoms with Gasteiger partial charge in [0.1, 0.15) is 11.3 Å². The van der Waals surface area contributed by atoms with Crippen molar-refractivity contribution < 1.29 is 17.6 Å². The number of rotatable bonds is 4. The Morgan fingerprint density at radius 2 is 1.68 bits per heavy atom. The SMILES string of the molecule is COc1ccc2oc(=O)c(S(=O)(=O)c3ccc(C(C)C)cc3)cc2c1. The van der Waals surface area contributed by atoms with Crippen LogP contribution in [0, 0.1) is 0 Å². The van der Waals surface area contributed by atoms with E-state index in [1.807, 2.05) is 13.8 Å². The Labute approximate surface area is 145 Å². The first-order chi connectivity index (χ1) is 11.8. The van der Waals surface area contributed by atoms with Crippen molar-refractivity contribution in [3.8, 4) is 5.75 Å². The number of hydrogen-bond acceptors (Lipinski definition) is 5. The van der Waals surface area contributed by atoms with Gasteiger partial charge in [-0.2, -0.15) is 0 Å². The Balaban J connectivity index is 2.16. The van der Waals surface area contributed by atoms with Crippen molar-refractivity contribution in [1.29, 1.82) is 0 Å². The molecule has 0 amide bonds. The molecule has 1 aromatic heterocycles. The second-order valence-corrected chi connectivity index (χ2v) is 7.95. The van der Waals surface area contributed by atoms with Crippen LogP contribution in [0.2, 0.25) is 0 Å². The smallest absolute Gasteiger partial charge is 0.355 e. The highest BCUT2D eigenvalue weighted by atomic mass is 32.2. The second-order valence-electron chi connectivity index (χ2n) is 6.03. The van der Waals surface area contributed by atoms with E-state index in [4.69, 9.17) is 9.15 Å². The largest absolute Gasteiger partial charge is 0.497 e. The zero-order valence-corrected chi connectivity index (χ0v) is 15.0. The number of ether oxygens (including phenoxy) is 1. The van der Waals surface area contributed by atoms with Crippen LogP contribution in [-0.2, 0) is 9.84 Å². The first-order valence-electron chi connectivity index (χ1n) is 7.80. The van der Waals surface area contributed by atoms with E-state index in [1.54, 1.807) is 30.3 Å². The van der Waals surface area contributed by atoms with Gasteiger partial charge in [-0.05, 0) is 47.9 Å². The predicted octanol–water partition coefficient (Wildman–Crippen LogP) is 3.76. The summed E-state index contributed by atoms with van der Waals surface area (Å²) in [6, 6.07) is 12.7. The van der Waals surface area contributed by atoms with Gasteiger partial charge in [0.05, 0.1) is 12.0 Å². The van der Waals surface area contributed by atoms with E-state index in [0.717, 1.165) is 5.56 Å². The Hall–Kier alpha value is -2.60. The highest BCUT2D eigenvalue weighted by molar-refractivity contribution is 7.91. The van der Waals surface area contributed by atoms with E-state index in [2.05, 4.69) is 0 Å². The molecule has 3 rings (SSSR count). The summed E-state index contributed by atoms with van der Waals surface area (Å²) in [6.07, 6.45) is 0. The molecule has 2 aromatic carbocycles. The lowest BCUT2D eigenvalue weighted by atomic mass is 10.0. The van der Waals surface area contributed by atoms with E-state index < -0.39 is 15.5 Å². The minimum atomic E-state index is -3.97. The summed E-state index contributed by atoms with van der Waals surface area (Å²) in [7, 11) is -2.46. The molecule has 0 saturated carbocycles. The third-order valence-corrected chi connectivity index (χ3v) is 5.81. The summed E-state index contributed by atoms with van der Waals surface area (Å²) in [5.74, 6) is 0.834. The van der Waals surface area contributed by atoms with E-state index in [9.17, 15) is 13.2 Å². The highest BCUT2D eigenvalue weighted by Crippen LogP contribution is 2.25. The van der Waals surface area contributed by atoms with Gasteiger partial charge in [0.25, 0.3) is 0 Å². The van der Waals surface area contributed by atoms with Crippen molar-refractivity contribution in [3.05, 3.63) is 64.5 Å². The molecule has 0 spiro atoms. The summed E-state index contributed by atoms with van der Waals surface area (Å²) >= 11 is 0. The van der Waals surface area contributed by atoms with Gasteiger partial charge in [-0.3, -0.25) is 0 Å². The lowest BCUT2D eigenvalue weighted by Gasteiger charge is -2.08. The summed E-state index contributed by atoms with van der Waals surface area (Å²) in [6.45, 7) is 4.05. The molecule has 3 aromatic rings. The Morgan fingerprint density at radius 3 is 2.28 bits per heavy atom. The van der Waals surface area contributed by atoms with Crippen LogP contribution in [0.1, 0.15) is 25.3 Å². The van der Waals surface area contributed by atoms with Crippen molar-refractivity contribution >= 4 is 20.8 Å². The molecular weight excluding hydrogens is 340 g/mol. The Morgan fingerprint density at radius 1 is 1.00 bits per heavy atom. The molecule has 0 saturated heterocycles. The average Bonchev–Trinajstić information content (AvgIpc) is 2.60. The molecule has 0 radical (unpaired) electrons. The van der Waals surface area contributed by atoms with E-state index in [-0.39, 0.29) is 15.7 Å². The van der Waals surface area contributed by atoms with Gasteiger partial charge >= 0.3 is 5.63 Å². The maximum Gasteiger partial charge on any atom is 0.355 e. The number of sulfone groups is 1. The predicted molar refractivity (Wildman–Crippen MR) is 95.0 cm³/mol. The van der Waals surface area contributed by atoms with Gasteiger partial charge in [0, 0.05) is 5.39 Å². The third kappa shape index (κ3) is 3.17. The Bertz CT molecular complexity index is 1080. The van der Waals surface area contributed by atoms with E-state index >= 15 is 0 Å². The minimum absolute atomic E-state index is 0.0615. The first-order valence-corrected chi connectivity index (χ1v) is 9.28. The van der Waals surface area contributed by atoms with Crippen LogP contribution in [0.15, 0.2) is 67.5 Å². The van der Waals surface area contributed by atoms with Crippen molar-refractivity contribution in [2.24, 2.45) is 0 Å². The fourth-order valence-electron chi connectivity index (χ4n) is 2.56. The molecule has 0 aliphatic heterocycles. The molecule has 1 heterocycles. The molecule has 0 bridgehead atoms. The monoisotopic (exact) mass is 358 g/mol. The van der Waals surface area contributed by atoms with E-state index in [1.165, 1.54) is 25.3 Å². The van der Waals surface area contributed by atoms with Crippen molar-refractivity contribution in [2.45, 2.75) is 29.6 Å². The van der Waals surface area contributed by atoms with Crippen LogP contribution in [0.5, 0.6) is 5.75 Å². The maximum absolute atomic E-state index is 12.8. The number of benzene rings is 2. The molecule has 0 atom stereocenters. The van der Waals surface area contributed by atoms with Gasteiger partial charge in [0.15, 0.2) is 4.90 Å². The molecule has 0 unspecified atom stereocenters. The van der Waals surface area contributed by atoms with Crippen LogP contribution in [0.25, 0.3) is 11.0 Å². The first kappa shape index (κ1) is 17.2. The molecule has 6 heteroatoms. The molecule has 5 nitrogen and oxygen atoms in total. The summed E-state index contributed by atoms with van der Waals surface area (Å²) in [4.78, 5) is 11.9. The van der Waals surface area contributed by atoms with Crippen LogP contribution >= 0.6 is 0 Å². The third-order valence-electron chi connectivity index (χ3n) is 4.05. The van der Waals surface area contributed by atoms with Gasteiger partial charge in [0.2, 0.25) is 9.84 Å². The van der Waals surface area contributed by atoms with Crippen LogP contribution in [-0.4, -0.2) is 15.5 Å². The lowest BCUT2D eigenvalue weighted by Crippen LogP contribution is -2.14. The fourth-order valence-corrected chi connectivity index (χ4v) is 3.85. The van der Waals surface area contributed by atoms with Gasteiger partial charge in [-0.1, -0.05) is 26.0 Å². The molecule has 0 aliphatic rings. The summed E-state index contributed by atoms with van der Waals surface area (Å²) in [5, 5.41) is 0.483. The minimum Gasteiger partial charge on any atom is -0.497 e. The second kappa shape index (κ2) is 6.37. The number of methoxy groups -OCH3 is 1. The van der Waals surface area contributed by atoms with Gasteiger partial charge in [-0.25, -0.2) is 13.2 Å². The van der Waals surface area contributed by atoms with Crippen molar-refractivity contribution in [1.82, 2.24) is 0 Å². The van der Waals surface area contributed by atoms with Crippen LogP contribution in [0.3, 0.4) is 0 Å². The summed E-state index contributed by atoms with van der Waals surface area (Å²) in [5.41, 5.74) is 0.444. The maximum atomic E-state index is 12.8. The zero-order chi connectivity index (χ0) is 18.2. The van der Waals surface area contributed by atoms with Crippen molar-refractivity contribution in [3.63, 3.8) is 0 Å². The molecule has 0 fully saturated rings. The average molecular weight is 358 g/mol. The van der Waals surface area contributed by atoms with Gasteiger partial charge < -0.3 is 9.15 Å². The molecule has 0 N–H and O–H groups in total. The molecule has 25 heavy (non-hydrogen) atoms. The number of hydrogen-bond donors (Lipinski definition) is 0. The normalized spacial score (nSPS) is 11.8.